The fourth-order valence-corrected chi connectivity index (χ4v) is 2.51. The van der Waals surface area contributed by atoms with Crippen LogP contribution in [-0.4, -0.2) is 26.4 Å². The fraction of sp³-hybridized carbons (Fsp3) is 0.158. The van der Waals surface area contributed by atoms with E-state index in [2.05, 4.69) is 4.98 Å². The maximum atomic E-state index is 12.7. The molecule has 0 spiro atoms. The van der Waals surface area contributed by atoms with Gasteiger partial charge in [-0.05, 0) is 42.3 Å². The normalized spacial score (nSPS) is 11.4. The Balaban J connectivity index is 2.07. The highest BCUT2D eigenvalue weighted by Gasteiger charge is 2.08. The Morgan fingerprint density at radius 1 is 1.04 bits per heavy atom. The first-order valence-electron chi connectivity index (χ1n) is 7.76. The molecule has 3 aromatic rings. The Kier molecular flexibility index (Phi) is 4.72. The smallest absolute Gasteiger partial charge is 0.261 e. The molecule has 0 radical (unpaired) electrons. The van der Waals surface area contributed by atoms with Gasteiger partial charge in [-0.2, -0.15) is 0 Å². The highest BCUT2D eigenvalue weighted by atomic mass is 16.3. The number of para-hydroxylation sites is 1. The van der Waals surface area contributed by atoms with Crippen LogP contribution in [0.5, 0.6) is 5.75 Å². The largest absolute Gasteiger partial charge is 0.508 e. The summed E-state index contributed by atoms with van der Waals surface area (Å²) in [7, 11) is 0. The van der Waals surface area contributed by atoms with E-state index in [1.807, 2.05) is 24.3 Å². The van der Waals surface area contributed by atoms with E-state index in [0.717, 1.165) is 5.56 Å². The summed E-state index contributed by atoms with van der Waals surface area (Å²) < 4.78 is 1.58. The number of aromatic nitrogens is 2. The van der Waals surface area contributed by atoms with Crippen LogP contribution in [0.15, 0.2) is 53.3 Å². The van der Waals surface area contributed by atoms with Gasteiger partial charge < -0.3 is 10.2 Å². The molecule has 24 heavy (non-hydrogen) atoms. The lowest BCUT2D eigenvalue weighted by Crippen LogP contribution is -2.24. The molecular formula is C19H18N2O3. The predicted molar refractivity (Wildman–Crippen MR) is 94.7 cm³/mol. The fourth-order valence-electron chi connectivity index (χ4n) is 2.51. The maximum absolute atomic E-state index is 12.7. The number of aromatic hydroxyl groups is 1. The number of phenolic OH excluding ortho intramolecular Hbond substituents is 1. The van der Waals surface area contributed by atoms with E-state index >= 15 is 0 Å². The van der Waals surface area contributed by atoms with Gasteiger partial charge >= 0.3 is 0 Å². The van der Waals surface area contributed by atoms with E-state index in [9.17, 15) is 9.90 Å². The molecule has 0 unspecified atom stereocenters. The molecule has 2 N–H and O–H groups in total. The number of aliphatic hydroxyl groups excluding tert-OH is 1. The lowest BCUT2D eigenvalue weighted by Gasteiger charge is -2.10. The number of nitrogens with zero attached hydrogens (tertiary/aromatic N) is 2. The highest BCUT2D eigenvalue weighted by Crippen LogP contribution is 2.14. The Morgan fingerprint density at radius 3 is 2.54 bits per heavy atom. The average molecular weight is 322 g/mol. The molecule has 0 fully saturated rings. The second kappa shape index (κ2) is 7.10. The molecule has 0 aliphatic rings. The van der Waals surface area contributed by atoms with Crippen molar-refractivity contribution in [2.45, 2.75) is 13.0 Å². The molecule has 2 aromatic carbocycles. The number of hydrogen-bond donors (Lipinski definition) is 2. The number of phenols is 1. The van der Waals surface area contributed by atoms with Crippen molar-refractivity contribution in [3.63, 3.8) is 0 Å². The van der Waals surface area contributed by atoms with E-state index in [0.29, 0.717) is 29.7 Å². The molecule has 0 saturated heterocycles. The number of hydrogen-bond acceptors (Lipinski definition) is 4. The van der Waals surface area contributed by atoms with Gasteiger partial charge in [0, 0.05) is 13.2 Å². The van der Waals surface area contributed by atoms with Gasteiger partial charge in [-0.25, -0.2) is 4.98 Å². The van der Waals surface area contributed by atoms with Gasteiger partial charge in [-0.1, -0.05) is 30.3 Å². The van der Waals surface area contributed by atoms with Crippen LogP contribution in [0.25, 0.3) is 23.1 Å². The van der Waals surface area contributed by atoms with Crippen molar-refractivity contribution in [1.29, 1.82) is 0 Å². The van der Waals surface area contributed by atoms with Gasteiger partial charge in [-0.15, -0.1) is 0 Å². The number of fused-ring (bicyclic) bond motifs is 1. The quantitative estimate of drug-likeness (QED) is 0.757. The predicted octanol–water partition coefficient (Wildman–Crippen LogP) is 2.65. The van der Waals surface area contributed by atoms with E-state index in [1.54, 1.807) is 41.0 Å². The molecule has 0 amide bonds. The zero-order chi connectivity index (χ0) is 16.9. The van der Waals surface area contributed by atoms with Gasteiger partial charge in [0.25, 0.3) is 5.56 Å². The maximum Gasteiger partial charge on any atom is 0.261 e. The summed E-state index contributed by atoms with van der Waals surface area (Å²) in [6.45, 7) is 0.419. The summed E-state index contributed by atoms with van der Waals surface area (Å²) in [6.07, 6.45) is 4.10. The second-order valence-corrected chi connectivity index (χ2v) is 5.45. The standard InChI is InChI=1S/C19H18N2O3/c22-13-3-12-21-18(11-8-14-6-9-15(23)10-7-14)20-17-5-2-1-4-16(17)19(21)24/h1-2,4-11,22-23H,3,12-13H2. The third-order valence-electron chi connectivity index (χ3n) is 3.75. The van der Waals surface area contributed by atoms with E-state index in [4.69, 9.17) is 5.11 Å². The van der Waals surface area contributed by atoms with Gasteiger partial charge in [-0.3, -0.25) is 9.36 Å². The van der Waals surface area contributed by atoms with Gasteiger partial charge in [0.15, 0.2) is 0 Å². The van der Waals surface area contributed by atoms with Crippen LogP contribution in [0.1, 0.15) is 17.8 Å². The Bertz CT molecular complexity index is 927. The first kappa shape index (κ1) is 16.0. The molecular weight excluding hydrogens is 304 g/mol. The molecule has 0 aliphatic carbocycles. The van der Waals surface area contributed by atoms with Crippen LogP contribution < -0.4 is 5.56 Å². The monoisotopic (exact) mass is 322 g/mol. The third-order valence-corrected chi connectivity index (χ3v) is 3.75. The Hall–Kier alpha value is -2.92. The minimum Gasteiger partial charge on any atom is -0.508 e. The van der Waals surface area contributed by atoms with Crippen molar-refractivity contribution in [3.8, 4) is 5.75 Å². The lowest BCUT2D eigenvalue weighted by atomic mass is 10.2. The zero-order valence-corrected chi connectivity index (χ0v) is 13.1. The number of benzene rings is 2. The molecule has 3 rings (SSSR count). The summed E-state index contributed by atoms with van der Waals surface area (Å²) in [4.78, 5) is 17.3. The molecule has 1 heterocycles. The lowest BCUT2D eigenvalue weighted by molar-refractivity contribution is 0.278. The molecule has 0 bridgehead atoms. The van der Waals surface area contributed by atoms with Gasteiger partial charge in [0.1, 0.15) is 11.6 Å². The van der Waals surface area contributed by atoms with Crippen LogP contribution in [-0.2, 0) is 6.54 Å². The first-order valence-corrected chi connectivity index (χ1v) is 7.76. The molecule has 0 aliphatic heterocycles. The van der Waals surface area contributed by atoms with Crippen molar-refractivity contribution in [2.24, 2.45) is 0 Å². The van der Waals surface area contributed by atoms with Crippen molar-refractivity contribution < 1.29 is 10.2 Å². The third kappa shape index (κ3) is 3.36. The topological polar surface area (TPSA) is 75.3 Å². The highest BCUT2D eigenvalue weighted by molar-refractivity contribution is 5.79. The molecule has 0 atom stereocenters. The number of rotatable bonds is 5. The summed E-state index contributed by atoms with van der Waals surface area (Å²) >= 11 is 0. The second-order valence-electron chi connectivity index (χ2n) is 5.45. The van der Waals surface area contributed by atoms with Crippen LogP contribution in [0, 0.1) is 0 Å². The van der Waals surface area contributed by atoms with Crippen LogP contribution >= 0.6 is 0 Å². The molecule has 1 aromatic heterocycles. The van der Waals surface area contributed by atoms with E-state index in [1.165, 1.54) is 0 Å². The SMILES string of the molecule is O=c1c2ccccc2nc(C=Cc2ccc(O)cc2)n1CCCO. The van der Waals surface area contributed by atoms with Gasteiger partial charge in [0.2, 0.25) is 0 Å². The average Bonchev–Trinajstić information content (AvgIpc) is 2.61. The van der Waals surface area contributed by atoms with Crippen molar-refractivity contribution in [2.75, 3.05) is 6.61 Å². The van der Waals surface area contributed by atoms with Crippen molar-refractivity contribution in [3.05, 3.63) is 70.3 Å². The van der Waals surface area contributed by atoms with Crippen molar-refractivity contribution in [1.82, 2.24) is 9.55 Å². The van der Waals surface area contributed by atoms with E-state index in [-0.39, 0.29) is 17.9 Å². The summed E-state index contributed by atoms with van der Waals surface area (Å²) in [5.41, 5.74) is 1.43. The van der Waals surface area contributed by atoms with Crippen molar-refractivity contribution >= 4 is 23.1 Å². The zero-order valence-electron chi connectivity index (χ0n) is 13.1. The van der Waals surface area contributed by atoms with Crippen LogP contribution in [0.2, 0.25) is 0 Å². The molecule has 122 valence electrons. The summed E-state index contributed by atoms with van der Waals surface area (Å²) in [5.74, 6) is 0.746. The van der Waals surface area contributed by atoms with Gasteiger partial charge in [0.05, 0.1) is 10.9 Å². The Morgan fingerprint density at radius 2 is 1.79 bits per heavy atom. The van der Waals surface area contributed by atoms with Crippen LogP contribution in [0.3, 0.4) is 0 Å². The molecule has 5 nitrogen and oxygen atoms in total. The first-order chi connectivity index (χ1) is 11.7. The molecule has 0 saturated carbocycles. The summed E-state index contributed by atoms with van der Waals surface area (Å²) in [5, 5.41) is 19.0. The van der Waals surface area contributed by atoms with E-state index < -0.39 is 0 Å². The Labute approximate surface area is 139 Å². The molecule has 5 heteroatoms. The minimum atomic E-state index is -0.112. The number of aliphatic hydroxyl groups is 1. The minimum absolute atomic E-state index is 0.0143. The summed E-state index contributed by atoms with van der Waals surface area (Å²) in [6, 6.07) is 14.0. The van der Waals surface area contributed by atoms with Crippen LogP contribution in [0.4, 0.5) is 0 Å².